The minimum Gasteiger partial charge on any atom is -0.508 e. The molecule has 1 unspecified atom stereocenters. The molecule has 1 atom stereocenters. The number of nitrogens with two attached hydrogens (primary N) is 1. The molecule has 0 saturated heterocycles. The van der Waals surface area contributed by atoms with Crippen molar-refractivity contribution in [3.8, 4) is 11.5 Å². The van der Waals surface area contributed by atoms with Crippen LogP contribution in [0.1, 0.15) is 11.1 Å². The molecular weight excluding hydrogens is 210 g/mol. The van der Waals surface area contributed by atoms with Crippen LogP contribution in [0.5, 0.6) is 11.5 Å². The average Bonchev–Trinajstić information content (AvgIpc) is 2.21. The normalized spacial score (nSPS) is 12.2. The number of aromatic hydroxyl groups is 1. The van der Waals surface area contributed by atoms with Gasteiger partial charge in [0.2, 0.25) is 0 Å². The molecule has 0 aliphatic rings. The van der Waals surface area contributed by atoms with Gasteiger partial charge in [-0.3, -0.25) is 4.79 Å². The van der Waals surface area contributed by atoms with Crippen LogP contribution in [0.4, 0.5) is 0 Å². The van der Waals surface area contributed by atoms with E-state index in [4.69, 9.17) is 15.6 Å². The monoisotopic (exact) mass is 225 g/mol. The van der Waals surface area contributed by atoms with Gasteiger partial charge in [-0.1, -0.05) is 0 Å². The number of carboxylic acids is 1. The Morgan fingerprint density at radius 3 is 2.69 bits per heavy atom. The molecule has 0 saturated carbocycles. The minimum absolute atomic E-state index is 0.0852. The highest BCUT2D eigenvalue weighted by Gasteiger charge is 2.17. The van der Waals surface area contributed by atoms with E-state index in [2.05, 4.69) is 0 Å². The van der Waals surface area contributed by atoms with Crippen LogP contribution < -0.4 is 10.5 Å². The number of hydrogen-bond donors (Lipinski definition) is 3. The number of benzene rings is 1. The molecule has 0 bridgehead atoms. The van der Waals surface area contributed by atoms with Gasteiger partial charge in [0.25, 0.3) is 0 Å². The van der Waals surface area contributed by atoms with Gasteiger partial charge in [0.05, 0.1) is 7.11 Å². The predicted molar refractivity (Wildman–Crippen MR) is 58.7 cm³/mol. The van der Waals surface area contributed by atoms with Crippen LogP contribution in [0.3, 0.4) is 0 Å². The molecular formula is C11H15NO4. The van der Waals surface area contributed by atoms with E-state index >= 15 is 0 Å². The molecule has 88 valence electrons. The Labute approximate surface area is 93.5 Å². The highest BCUT2D eigenvalue weighted by Crippen LogP contribution is 2.28. The van der Waals surface area contributed by atoms with Crippen LogP contribution >= 0.6 is 0 Å². The Morgan fingerprint density at radius 2 is 2.19 bits per heavy atom. The first-order chi connectivity index (χ1) is 7.45. The van der Waals surface area contributed by atoms with Gasteiger partial charge >= 0.3 is 5.97 Å². The maximum atomic E-state index is 10.7. The topological polar surface area (TPSA) is 92.8 Å². The number of ether oxygens (including phenoxy) is 1. The Bertz CT molecular complexity index is 403. The third kappa shape index (κ3) is 2.64. The van der Waals surface area contributed by atoms with Crippen molar-refractivity contribution in [2.45, 2.75) is 19.4 Å². The summed E-state index contributed by atoms with van der Waals surface area (Å²) in [5, 5.41) is 18.1. The second-order valence-corrected chi connectivity index (χ2v) is 3.59. The van der Waals surface area contributed by atoms with E-state index in [1.165, 1.54) is 13.2 Å². The Kier molecular flexibility index (Phi) is 3.73. The first-order valence-corrected chi connectivity index (χ1v) is 4.80. The van der Waals surface area contributed by atoms with Crippen LogP contribution in [-0.4, -0.2) is 29.3 Å². The van der Waals surface area contributed by atoms with Gasteiger partial charge in [-0.05, 0) is 24.1 Å². The summed E-state index contributed by atoms with van der Waals surface area (Å²) in [5.41, 5.74) is 6.92. The average molecular weight is 225 g/mol. The number of carbonyl (C=O) groups is 1. The first-order valence-electron chi connectivity index (χ1n) is 4.80. The summed E-state index contributed by atoms with van der Waals surface area (Å²) >= 11 is 0. The zero-order valence-corrected chi connectivity index (χ0v) is 9.23. The summed E-state index contributed by atoms with van der Waals surface area (Å²) < 4.78 is 5.08. The molecule has 0 aliphatic heterocycles. The number of methoxy groups -OCH3 is 1. The van der Waals surface area contributed by atoms with Crippen LogP contribution in [0.25, 0.3) is 0 Å². The molecule has 0 heterocycles. The van der Waals surface area contributed by atoms with Crippen molar-refractivity contribution in [1.82, 2.24) is 0 Å². The van der Waals surface area contributed by atoms with Gasteiger partial charge in [-0.15, -0.1) is 0 Å². The fourth-order valence-electron chi connectivity index (χ4n) is 1.52. The molecule has 16 heavy (non-hydrogen) atoms. The number of hydrogen-bond acceptors (Lipinski definition) is 4. The Balaban J connectivity index is 3.07. The van der Waals surface area contributed by atoms with E-state index in [0.29, 0.717) is 11.3 Å². The largest absolute Gasteiger partial charge is 0.508 e. The summed E-state index contributed by atoms with van der Waals surface area (Å²) in [7, 11) is 1.46. The van der Waals surface area contributed by atoms with Crippen molar-refractivity contribution in [2.24, 2.45) is 5.73 Å². The number of aryl methyl sites for hydroxylation is 1. The quantitative estimate of drug-likeness (QED) is 0.700. The van der Waals surface area contributed by atoms with Gasteiger partial charge < -0.3 is 20.7 Å². The van der Waals surface area contributed by atoms with Gasteiger partial charge in [-0.2, -0.15) is 0 Å². The van der Waals surface area contributed by atoms with Gasteiger partial charge in [0.1, 0.15) is 17.5 Å². The minimum atomic E-state index is -1.06. The van der Waals surface area contributed by atoms with E-state index in [9.17, 15) is 9.90 Å². The summed E-state index contributed by atoms with van der Waals surface area (Å²) in [5.74, 6) is -0.522. The summed E-state index contributed by atoms with van der Waals surface area (Å²) in [6, 6.07) is 2.01. The van der Waals surface area contributed by atoms with Gasteiger partial charge in [-0.25, -0.2) is 0 Å². The third-order valence-corrected chi connectivity index (χ3v) is 2.38. The lowest BCUT2D eigenvalue weighted by molar-refractivity contribution is -0.138. The lowest BCUT2D eigenvalue weighted by Crippen LogP contribution is -2.32. The molecule has 5 nitrogen and oxygen atoms in total. The third-order valence-electron chi connectivity index (χ3n) is 2.38. The number of rotatable bonds is 4. The maximum Gasteiger partial charge on any atom is 0.320 e. The van der Waals surface area contributed by atoms with E-state index in [1.807, 2.05) is 0 Å². The second kappa shape index (κ2) is 4.85. The number of phenols is 1. The first kappa shape index (κ1) is 12.3. The van der Waals surface area contributed by atoms with Crippen molar-refractivity contribution in [2.75, 3.05) is 7.11 Å². The Hall–Kier alpha value is -1.75. The lowest BCUT2D eigenvalue weighted by Gasteiger charge is -2.14. The van der Waals surface area contributed by atoms with Crippen molar-refractivity contribution >= 4 is 5.97 Å². The van der Waals surface area contributed by atoms with Crippen LogP contribution in [-0.2, 0) is 11.2 Å². The standard InChI is InChI=1S/C11H15NO4/c1-6-3-7(13)4-10(16-2)8(6)5-9(12)11(14)15/h3-4,9,13H,5,12H2,1-2H3,(H,14,15). The number of carboxylic acid groups (broad SMARTS) is 1. The Morgan fingerprint density at radius 1 is 1.56 bits per heavy atom. The molecule has 0 radical (unpaired) electrons. The van der Waals surface area contributed by atoms with E-state index in [-0.39, 0.29) is 12.2 Å². The lowest BCUT2D eigenvalue weighted by atomic mass is 10.00. The molecule has 1 rings (SSSR count). The summed E-state index contributed by atoms with van der Waals surface area (Å²) in [6.07, 6.45) is 0.171. The fourth-order valence-corrected chi connectivity index (χ4v) is 1.52. The zero-order chi connectivity index (χ0) is 12.3. The van der Waals surface area contributed by atoms with Crippen LogP contribution in [0, 0.1) is 6.92 Å². The molecule has 0 aliphatic carbocycles. The van der Waals surface area contributed by atoms with E-state index in [0.717, 1.165) is 5.56 Å². The van der Waals surface area contributed by atoms with Gasteiger partial charge in [0.15, 0.2) is 0 Å². The van der Waals surface area contributed by atoms with Crippen molar-refractivity contribution in [3.63, 3.8) is 0 Å². The number of phenolic OH excluding ortho intramolecular Hbond substituents is 1. The molecule has 1 aromatic carbocycles. The van der Waals surface area contributed by atoms with Crippen molar-refractivity contribution in [1.29, 1.82) is 0 Å². The van der Waals surface area contributed by atoms with Crippen molar-refractivity contribution in [3.05, 3.63) is 23.3 Å². The highest BCUT2D eigenvalue weighted by molar-refractivity contribution is 5.73. The van der Waals surface area contributed by atoms with Crippen LogP contribution in [0.2, 0.25) is 0 Å². The van der Waals surface area contributed by atoms with Gasteiger partial charge in [0, 0.05) is 12.5 Å². The highest BCUT2D eigenvalue weighted by atomic mass is 16.5. The summed E-state index contributed by atoms with van der Waals surface area (Å²) in [6.45, 7) is 1.77. The van der Waals surface area contributed by atoms with Crippen LogP contribution in [0.15, 0.2) is 12.1 Å². The fraction of sp³-hybridized carbons (Fsp3) is 0.364. The molecule has 4 N–H and O–H groups in total. The van der Waals surface area contributed by atoms with E-state index < -0.39 is 12.0 Å². The van der Waals surface area contributed by atoms with E-state index in [1.54, 1.807) is 13.0 Å². The SMILES string of the molecule is COc1cc(O)cc(C)c1CC(N)C(=O)O. The molecule has 0 aromatic heterocycles. The number of aliphatic carboxylic acids is 1. The predicted octanol–water partition coefficient (Wildman–Crippen LogP) is 0.664. The molecule has 0 spiro atoms. The smallest absolute Gasteiger partial charge is 0.320 e. The zero-order valence-electron chi connectivity index (χ0n) is 9.23. The summed E-state index contributed by atoms with van der Waals surface area (Å²) in [4.78, 5) is 10.7. The molecule has 5 heteroatoms. The molecule has 0 fully saturated rings. The second-order valence-electron chi connectivity index (χ2n) is 3.59. The molecule has 0 amide bonds. The molecule has 1 aromatic rings. The maximum absolute atomic E-state index is 10.7. The van der Waals surface area contributed by atoms with Crippen molar-refractivity contribution < 1.29 is 19.7 Å².